The Bertz CT molecular complexity index is 2000. The maximum Gasteiger partial charge on any atom is 0.137 e. The monoisotopic (exact) mass is 543 g/mol. The number of fused-ring (bicyclic) bond motifs is 4. The second-order valence-electron chi connectivity index (χ2n) is 11.3. The van der Waals surface area contributed by atoms with Crippen LogP contribution in [-0.4, -0.2) is 31.3 Å². The van der Waals surface area contributed by atoms with Gasteiger partial charge in [0.05, 0.1) is 37.2 Å². The van der Waals surface area contributed by atoms with E-state index in [1.165, 1.54) is 10.1 Å². The first-order valence-electron chi connectivity index (χ1n) is 15.0. The van der Waals surface area contributed by atoms with Crippen LogP contribution in [0.4, 0.5) is 17.1 Å². The molecule has 6 heteroatoms. The van der Waals surface area contributed by atoms with Crippen molar-refractivity contribution in [3.63, 3.8) is 0 Å². The topological polar surface area (TPSA) is 33.5 Å². The predicted octanol–water partition coefficient (Wildman–Crippen LogP) is 8.06. The van der Waals surface area contributed by atoms with Gasteiger partial charge in [-0.15, -0.1) is 0 Å². The Morgan fingerprint density at radius 1 is 0.750 bits per heavy atom. The summed E-state index contributed by atoms with van der Waals surface area (Å²) in [5.74, 6) is 2.28. The molecule has 0 spiro atoms. The number of aromatic nitrogens is 2. The van der Waals surface area contributed by atoms with Crippen molar-refractivity contribution in [2.24, 2.45) is 0 Å². The Morgan fingerprint density at radius 2 is 1.52 bits per heavy atom. The minimum Gasteiger partial charge on any atom is -0.457 e. The third kappa shape index (κ3) is 4.12. The van der Waals surface area contributed by atoms with E-state index in [2.05, 4.69) is 72.7 Å². The van der Waals surface area contributed by atoms with Crippen LogP contribution in [0.2, 0.25) is 19.6 Å². The molecule has 0 fully saturated rings. The van der Waals surface area contributed by atoms with Gasteiger partial charge in [-0.25, -0.2) is 4.98 Å². The van der Waals surface area contributed by atoms with Gasteiger partial charge in [-0.3, -0.25) is 4.57 Å². The normalized spacial score (nSPS) is 14.7. The van der Waals surface area contributed by atoms with Gasteiger partial charge in [0.2, 0.25) is 0 Å². The van der Waals surface area contributed by atoms with Crippen LogP contribution in [0.5, 0.6) is 11.5 Å². The zero-order valence-corrected chi connectivity index (χ0v) is 23.8. The molecular weight excluding hydrogens is 508 g/mol. The van der Waals surface area contributed by atoms with E-state index in [0.717, 1.165) is 39.0 Å². The van der Waals surface area contributed by atoms with Crippen LogP contribution >= 0.6 is 0 Å². The van der Waals surface area contributed by atoms with Crippen molar-refractivity contribution in [1.82, 2.24) is 9.55 Å². The summed E-state index contributed by atoms with van der Waals surface area (Å²) in [7, 11) is -1.54. The molecule has 6 aromatic rings. The molecule has 0 radical (unpaired) electrons. The average molecular weight is 544 g/mol. The summed E-state index contributed by atoms with van der Waals surface area (Å²) < 4.78 is 32.8. The predicted molar refractivity (Wildman–Crippen MR) is 170 cm³/mol. The molecule has 5 nitrogen and oxygen atoms in total. The highest BCUT2D eigenvalue weighted by molar-refractivity contribution is 6.88. The molecule has 0 saturated heterocycles. The number of benzene rings is 4. The minimum atomic E-state index is -2.24. The molecule has 0 N–H and O–H groups in total. The molecule has 198 valence electrons. The van der Waals surface area contributed by atoms with E-state index in [9.17, 15) is 0 Å². The van der Waals surface area contributed by atoms with Gasteiger partial charge in [-0.05, 0) is 54.6 Å². The summed E-state index contributed by atoms with van der Waals surface area (Å²) in [4.78, 5) is 8.26. The molecule has 0 amide bonds. The maximum absolute atomic E-state index is 8.03. The SMILES string of the molecule is [2H]C([2H])([2H])N1CN(c2cccc(Oc3ccc4c5ccccc5n(-c5cc([Si](C)(C)C)ccn5)c4c3)c2)c2ccccc21. The number of hydrogen-bond donors (Lipinski definition) is 0. The Labute approximate surface area is 240 Å². The van der Waals surface area contributed by atoms with Crippen LogP contribution in [0, 0.1) is 0 Å². The molecule has 0 atom stereocenters. The standard InChI is InChI=1S/C34H32N4OSi/c1-36-23-37(32-15-8-7-14-31(32)36)24-10-9-11-25(20-24)39-26-16-17-29-28-12-5-6-13-30(28)38(33(29)21-26)34-22-27(18-19-35-34)40(2,3)4/h5-22H,23H2,1-4H3/i1D3. The van der Waals surface area contributed by atoms with Gasteiger partial charge in [-0.1, -0.05) is 61.2 Å². The van der Waals surface area contributed by atoms with Gasteiger partial charge in [0, 0.05) is 45.9 Å². The number of ether oxygens (including phenoxy) is 1. The molecule has 0 unspecified atom stereocenters. The zero-order chi connectivity index (χ0) is 29.9. The first-order valence-corrected chi connectivity index (χ1v) is 17.0. The van der Waals surface area contributed by atoms with Gasteiger partial charge in [-0.2, -0.15) is 0 Å². The van der Waals surface area contributed by atoms with E-state index in [1.807, 2.05) is 65.7 Å². The highest BCUT2D eigenvalue weighted by atomic mass is 28.3. The highest BCUT2D eigenvalue weighted by Gasteiger charge is 2.24. The number of pyridine rings is 1. The van der Waals surface area contributed by atoms with Crippen LogP contribution in [0.3, 0.4) is 0 Å². The molecule has 0 aliphatic carbocycles. The lowest BCUT2D eigenvalue weighted by Gasteiger charge is -2.20. The third-order valence-electron chi connectivity index (χ3n) is 7.60. The van der Waals surface area contributed by atoms with Crippen molar-refractivity contribution >= 4 is 52.1 Å². The van der Waals surface area contributed by atoms with Crippen molar-refractivity contribution in [3.05, 3.63) is 109 Å². The molecular formula is C34H32N4OSi. The van der Waals surface area contributed by atoms with Gasteiger partial charge in [0.25, 0.3) is 0 Å². The summed E-state index contributed by atoms with van der Waals surface area (Å²) in [5.41, 5.74) is 4.54. The van der Waals surface area contributed by atoms with Crippen molar-refractivity contribution in [2.75, 3.05) is 23.4 Å². The molecule has 40 heavy (non-hydrogen) atoms. The van der Waals surface area contributed by atoms with Crippen LogP contribution in [0.25, 0.3) is 27.6 Å². The largest absolute Gasteiger partial charge is 0.457 e. The molecule has 4 aromatic carbocycles. The van der Waals surface area contributed by atoms with Crippen molar-refractivity contribution in [1.29, 1.82) is 0 Å². The van der Waals surface area contributed by atoms with E-state index < -0.39 is 15.0 Å². The molecule has 1 aliphatic heterocycles. The number of para-hydroxylation sites is 3. The van der Waals surface area contributed by atoms with Crippen LogP contribution in [0.1, 0.15) is 4.11 Å². The smallest absolute Gasteiger partial charge is 0.137 e. The molecule has 7 rings (SSSR count). The summed E-state index contributed by atoms with van der Waals surface area (Å²) in [6.45, 7) is 5.03. The van der Waals surface area contributed by atoms with Crippen LogP contribution in [-0.2, 0) is 0 Å². The average Bonchev–Trinajstić information content (AvgIpc) is 3.53. The van der Waals surface area contributed by atoms with Crippen LogP contribution < -0.4 is 19.7 Å². The molecule has 0 bridgehead atoms. The minimum absolute atomic E-state index is 0.231. The van der Waals surface area contributed by atoms with Crippen molar-refractivity contribution in [3.8, 4) is 17.3 Å². The van der Waals surface area contributed by atoms with E-state index in [4.69, 9.17) is 13.8 Å². The van der Waals surface area contributed by atoms with Gasteiger partial charge < -0.3 is 14.5 Å². The van der Waals surface area contributed by atoms with Crippen molar-refractivity contribution < 1.29 is 8.85 Å². The number of rotatable bonds is 5. The summed E-state index contributed by atoms with van der Waals surface area (Å²) in [5, 5.41) is 3.65. The second kappa shape index (κ2) is 9.28. The van der Waals surface area contributed by atoms with Crippen molar-refractivity contribution in [2.45, 2.75) is 19.6 Å². The lowest BCUT2D eigenvalue weighted by atomic mass is 10.1. The van der Waals surface area contributed by atoms with E-state index in [1.54, 1.807) is 0 Å². The summed E-state index contributed by atoms with van der Waals surface area (Å²) in [6, 6.07) is 34.4. The fourth-order valence-electron chi connectivity index (χ4n) is 5.55. The Morgan fingerprint density at radius 3 is 2.38 bits per heavy atom. The lowest BCUT2D eigenvalue weighted by Crippen LogP contribution is -2.37. The van der Waals surface area contributed by atoms with E-state index in [0.29, 0.717) is 17.2 Å². The van der Waals surface area contributed by atoms with Gasteiger partial charge in [0.15, 0.2) is 0 Å². The quantitative estimate of drug-likeness (QED) is 0.206. The van der Waals surface area contributed by atoms with Gasteiger partial charge in [0.1, 0.15) is 17.3 Å². The Kier molecular flexibility index (Phi) is 4.94. The molecule has 1 aliphatic rings. The Hall–Kier alpha value is -4.55. The second-order valence-corrected chi connectivity index (χ2v) is 16.3. The highest BCUT2D eigenvalue weighted by Crippen LogP contribution is 2.41. The summed E-state index contributed by atoms with van der Waals surface area (Å²) >= 11 is 0. The van der Waals surface area contributed by atoms with Gasteiger partial charge >= 0.3 is 0 Å². The molecule has 2 aromatic heterocycles. The third-order valence-corrected chi connectivity index (χ3v) is 9.64. The Balaban J connectivity index is 1.28. The zero-order valence-electron chi connectivity index (χ0n) is 25.8. The summed E-state index contributed by atoms with van der Waals surface area (Å²) in [6.07, 6.45) is 1.92. The fourth-order valence-corrected chi connectivity index (χ4v) is 6.69. The molecule has 3 heterocycles. The maximum atomic E-state index is 8.03. The first kappa shape index (κ1) is 21.3. The number of hydrogen-bond acceptors (Lipinski definition) is 4. The number of anilines is 3. The van der Waals surface area contributed by atoms with E-state index in [-0.39, 0.29) is 6.67 Å². The number of nitrogens with zero attached hydrogens (tertiary/aromatic N) is 4. The lowest BCUT2D eigenvalue weighted by molar-refractivity contribution is 0.483. The fraction of sp³-hybridized carbons (Fsp3) is 0.147. The molecule has 0 saturated carbocycles. The van der Waals surface area contributed by atoms with Crippen LogP contribution in [0.15, 0.2) is 109 Å². The first-order chi connectivity index (χ1) is 20.6. The van der Waals surface area contributed by atoms with E-state index >= 15 is 0 Å².